The Morgan fingerprint density at radius 2 is 2.00 bits per heavy atom. The zero-order valence-electron chi connectivity index (χ0n) is 17.0. The molecule has 10 heteroatoms. The Bertz CT molecular complexity index is 868. The Morgan fingerprint density at radius 3 is 2.62 bits per heavy atom. The Kier molecular flexibility index (Phi) is 10.2. The van der Waals surface area contributed by atoms with Gasteiger partial charge in [-0.05, 0) is 13.3 Å². The van der Waals surface area contributed by atoms with Crippen molar-refractivity contribution < 1.29 is 19.1 Å². The lowest BCUT2D eigenvalue weighted by Gasteiger charge is -2.24. The molecule has 29 heavy (non-hydrogen) atoms. The lowest BCUT2D eigenvalue weighted by atomic mass is 10.3. The first-order valence-electron chi connectivity index (χ1n) is 9.25. The van der Waals surface area contributed by atoms with Crippen LogP contribution < -0.4 is 21.9 Å². The number of hydrogen-bond acceptors (Lipinski definition) is 7. The van der Waals surface area contributed by atoms with E-state index in [0.29, 0.717) is 13.0 Å². The number of carbonyl (C=O) groups excluding carboxylic acids is 2. The van der Waals surface area contributed by atoms with E-state index in [4.69, 9.17) is 15.2 Å². The van der Waals surface area contributed by atoms with Crippen molar-refractivity contribution in [1.82, 2.24) is 9.55 Å². The second kappa shape index (κ2) is 12.3. The summed E-state index contributed by atoms with van der Waals surface area (Å²) in [6, 6.07) is 0. The molecular weight excluding hydrogens is 380 g/mol. The third-order valence-corrected chi connectivity index (χ3v) is 3.91. The summed E-state index contributed by atoms with van der Waals surface area (Å²) in [7, 11) is 1.44. The molecule has 0 aliphatic rings. The number of anilines is 2. The van der Waals surface area contributed by atoms with Gasteiger partial charge in [0.2, 0.25) is 0 Å². The maximum absolute atomic E-state index is 12.7. The van der Waals surface area contributed by atoms with Gasteiger partial charge >= 0.3 is 11.7 Å². The topological polar surface area (TPSA) is 137 Å². The number of nitrogens with one attached hydrogen (secondary N) is 1. The van der Waals surface area contributed by atoms with Crippen molar-refractivity contribution in [2.45, 2.75) is 33.2 Å². The molecule has 1 heterocycles. The number of hydrogen-bond donors (Lipinski definition) is 2. The maximum Gasteiger partial charge on any atom is 0.331 e. The largest absolute Gasteiger partial charge is 0.452 e. The lowest BCUT2D eigenvalue weighted by Crippen LogP contribution is -2.44. The third-order valence-electron chi connectivity index (χ3n) is 3.91. The lowest BCUT2D eigenvalue weighted by molar-refractivity contribution is -0.143. The number of aromatic amines is 1. The number of esters is 1. The van der Waals surface area contributed by atoms with Gasteiger partial charge in [0.05, 0.1) is 6.61 Å². The van der Waals surface area contributed by atoms with Crippen LogP contribution in [-0.2, 0) is 25.6 Å². The van der Waals surface area contributed by atoms with Gasteiger partial charge in [0, 0.05) is 26.3 Å². The van der Waals surface area contributed by atoms with Gasteiger partial charge in [-0.3, -0.25) is 24.0 Å². The van der Waals surface area contributed by atoms with Crippen LogP contribution in [0.25, 0.3) is 0 Å². The van der Waals surface area contributed by atoms with E-state index in [1.54, 1.807) is 19.1 Å². The minimum atomic E-state index is -0.802. The van der Waals surface area contributed by atoms with E-state index in [-0.39, 0.29) is 24.7 Å². The second-order valence-corrected chi connectivity index (χ2v) is 6.03. The van der Waals surface area contributed by atoms with Crippen molar-refractivity contribution in [3.05, 3.63) is 45.1 Å². The number of aromatic nitrogens is 2. The number of H-pyrrole nitrogens is 1. The quantitative estimate of drug-likeness (QED) is 0.310. The molecule has 0 fully saturated rings. The molecule has 0 atom stereocenters. The highest BCUT2D eigenvalue weighted by atomic mass is 16.5. The van der Waals surface area contributed by atoms with Crippen molar-refractivity contribution in [3.8, 4) is 0 Å². The molecule has 0 saturated heterocycles. The molecule has 3 N–H and O–H groups in total. The second-order valence-electron chi connectivity index (χ2n) is 6.03. The number of ether oxygens (including phenoxy) is 2. The number of amides is 1. The first-order chi connectivity index (χ1) is 13.9. The highest BCUT2D eigenvalue weighted by molar-refractivity contribution is 5.97. The average molecular weight is 408 g/mol. The highest BCUT2D eigenvalue weighted by Gasteiger charge is 2.24. The van der Waals surface area contributed by atoms with E-state index in [0.717, 1.165) is 11.3 Å². The van der Waals surface area contributed by atoms with Gasteiger partial charge in [0.1, 0.15) is 5.82 Å². The molecular formula is C19H28N4O6. The molecule has 1 amide bonds. The fourth-order valence-corrected chi connectivity index (χ4v) is 2.42. The van der Waals surface area contributed by atoms with Crippen molar-refractivity contribution in [2.24, 2.45) is 0 Å². The summed E-state index contributed by atoms with van der Waals surface area (Å²) in [5.41, 5.74) is 4.43. The predicted octanol–water partition coefficient (Wildman–Crippen LogP) is 0.574. The van der Waals surface area contributed by atoms with E-state index >= 15 is 0 Å². The molecule has 0 spiro atoms. The van der Waals surface area contributed by atoms with Crippen LogP contribution in [-0.4, -0.2) is 48.3 Å². The van der Waals surface area contributed by atoms with E-state index < -0.39 is 29.7 Å². The highest BCUT2D eigenvalue weighted by Crippen LogP contribution is 2.17. The summed E-state index contributed by atoms with van der Waals surface area (Å²) in [6.45, 7) is 3.52. The molecule has 0 aliphatic carbocycles. The zero-order chi connectivity index (χ0) is 21.8. The van der Waals surface area contributed by atoms with Crippen LogP contribution in [0.15, 0.2) is 33.9 Å². The standard InChI is InChI=1S/C19H28N4O6/c1-4-6-8-9-15(25)29-13-14(24)22(11-12-28-3)16-17(20)23(10-7-5-2)19(27)21-18(16)26/h4,6,8-9H,5,7,10-13,20H2,1-3H3,(H,21,26,27)/b6-4+,9-8+. The Hall–Kier alpha value is -3.14. The van der Waals surface area contributed by atoms with E-state index in [1.165, 1.54) is 23.8 Å². The van der Waals surface area contributed by atoms with Crippen molar-refractivity contribution in [3.63, 3.8) is 0 Å². The normalized spacial score (nSPS) is 11.3. The molecule has 1 aromatic rings. The van der Waals surface area contributed by atoms with Gasteiger partial charge < -0.3 is 15.2 Å². The molecule has 1 rings (SSSR count). The van der Waals surface area contributed by atoms with Gasteiger partial charge in [0.25, 0.3) is 11.5 Å². The van der Waals surface area contributed by atoms with Gasteiger partial charge in [-0.2, -0.15) is 0 Å². The average Bonchev–Trinajstić information content (AvgIpc) is 2.68. The number of rotatable bonds is 11. The molecule has 0 saturated carbocycles. The molecule has 0 aromatic carbocycles. The summed E-state index contributed by atoms with van der Waals surface area (Å²) in [6.07, 6.45) is 7.47. The number of carbonyl (C=O) groups is 2. The third kappa shape index (κ3) is 7.07. The van der Waals surface area contributed by atoms with Crippen molar-refractivity contribution in [2.75, 3.05) is 37.5 Å². The zero-order valence-corrected chi connectivity index (χ0v) is 17.0. The number of methoxy groups -OCH3 is 1. The number of unbranched alkanes of at least 4 members (excludes halogenated alkanes) is 1. The van der Waals surface area contributed by atoms with Gasteiger partial charge in [0.15, 0.2) is 12.3 Å². The number of nitrogens with two attached hydrogens (primary N) is 1. The van der Waals surface area contributed by atoms with Crippen LogP contribution in [0, 0.1) is 0 Å². The van der Waals surface area contributed by atoms with Gasteiger partial charge in [-0.15, -0.1) is 0 Å². The van der Waals surface area contributed by atoms with Gasteiger partial charge in [-0.1, -0.05) is 31.6 Å². The molecule has 0 unspecified atom stereocenters. The minimum Gasteiger partial charge on any atom is -0.452 e. The number of nitrogen functional groups attached to an aromatic ring is 1. The summed E-state index contributed by atoms with van der Waals surface area (Å²) in [5, 5.41) is 0. The molecule has 160 valence electrons. The van der Waals surface area contributed by atoms with Crippen LogP contribution in [0.1, 0.15) is 26.7 Å². The first kappa shape index (κ1) is 23.9. The van der Waals surface area contributed by atoms with E-state index in [9.17, 15) is 19.2 Å². The monoisotopic (exact) mass is 408 g/mol. The van der Waals surface area contributed by atoms with Crippen molar-refractivity contribution in [1.29, 1.82) is 0 Å². The van der Waals surface area contributed by atoms with E-state index in [1.807, 2.05) is 6.92 Å². The minimum absolute atomic E-state index is 0.0133. The molecule has 0 bridgehead atoms. The molecule has 10 nitrogen and oxygen atoms in total. The molecule has 1 aromatic heterocycles. The van der Waals surface area contributed by atoms with Crippen LogP contribution >= 0.6 is 0 Å². The van der Waals surface area contributed by atoms with Crippen LogP contribution in [0.4, 0.5) is 11.5 Å². The fourth-order valence-electron chi connectivity index (χ4n) is 2.42. The Balaban J connectivity index is 3.17. The SMILES string of the molecule is C/C=C/C=C/C(=O)OCC(=O)N(CCOC)c1c(N)n(CCCC)c(=O)[nH]c1=O. The fraction of sp³-hybridized carbons (Fsp3) is 0.474. The van der Waals surface area contributed by atoms with Gasteiger partial charge in [-0.25, -0.2) is 9.59 Å². The van der Waals surface area contributed by atoms with E-state index in [2.05, 4.69) is 4.98 Å². The Labute approximate surface area is 168 Å². The number of allylic oxidation sites excluding steroid dienone is 3. The number of nitrogens with zero attached hydrogens (tertiary/aromatic N) is 2. The maximum atomic E-state index is 12.7. The molecule has 0 radical (unpaired) electrons. The van der Waals surface area contributed by atoms with Crippen LogP contribution in [0.5, 0.6) is 0 Å². The first-order valence-corrected chi connectivity index (χ1v) is 9.25. The predicted molar refractivity (Wildman–Crippen MR) is 110 cm³/mol. The summed E-state index contributed by atoms with van der Waals surface area (Å²) in [5.74, 6) is -1.51. The Morgan fingerprint density at radius 1 is 1.28 bits per heavy atom. The smallest absolute Gasteiger partial charge is 0.331 e. The van der Waals surface area contributed by atoms with Crippen LogP contribution in [0.3, 0.4) is 0 Å². The molecule has 0 aliphatic heterocycles. The summed E-state index contributed by atoms with van der Waals surface area (Å²) in [4.78, 5) is 52.0. The van der Waals surface area contributed by atoms with Crippen LogP contribution in [0.2, 0.25) is 0 Å². The van der Waals surface area contributed by atoms with Crippen molar-refractivity contribution >= 4 is 23.4 Å². The summed E-state index contributed by atoms with van der Waals surface area (Å²) < 4.78 is 11.1. The summed E-state index contributed by atoms with van der Waals surface area (Å²) >= 11 is 0.